The minimum absolute atomic E-state index is 0.0333. The highest BCUT2D eigenvalue weighted by Crippen LogP contribution is 2.14. The minimum atomic E-state index is -0.171. The molecule has 2 aromatic rings. The number of amides is 2. The highest BCUT2D eigenvalue weighted by molar-refractivity contribution is 5.95. The van der Waals surface area contributed by atoms with Crippen LogP contribution in [0.5, 0.6) is 0 Å². The topological polar surface area (TPSA) is 71.3 Å². The molecule has 31 heavy (non-hydrogen) atoms. The number of rotatable bonds is 16. The van der Waals surface area contributed by atoms with Crippen molar-refractivity contribution < 1.29 is 14.0 Å². The Kier molecular flexibility index (Phi) is 12.2. The summed E-state index contributed by atoms with van der Waals surface area (Å²) < 4.78 is 5.20. The van der Waals surface area contributed by atoms with E-state index in [0.29, 0.717) is 24.3 Å². The summed E-state index contributed by atoms with van der Waals surface area (Å²) in [5.41, 5.74) is 1.27. The minimum Gasteiger partial charge on any atom is -0.467 e. The Balaban J connectivity index is 1.52. The van der Waals surface area contributed by atoms with E-state index in [1.807, 2.05) is 6.07 Å². The van der Waals surface area contributed by atoms with Crippen LogP contribution in [-0.4, -0.2) is 11.8 Å². The van der Waals surface area contributed by atoms with Crippen molar-refractivity contribution in [3.05, 3.63) is 54.0 Å². The Labute approximate surface area is 187 Å². The molecule has 2 amide bonds. The molecule has 0 spiro atoms. The van der Waals surface area contributed by atoms with Gasteiger partial charge in [0, 0.05) is 17.7 Å². The number of hydrogen-bond acceptors (Lipinski definition) is 3. The molecule has 0 saturated heterocycles. The fourth-order valence-corrected chi connectivity index (χ4v) is 3.56. The zero-order chi connectivity index (χ0) is 22.2. The maximum absolute atomic E-state index is 12.2. The zero-order valence-corrected chi connectivity index (χ0v) is 19.0. The second kappa shape index (κ2) is 15.3. The number of carbonyl (C=O) groups is 2. The van der Waals surface area contributed by atoms with Crippen LogP contribution in [0.3, 0.4) is 0 Å². The molecule has 0 radical (unpaired) electrons. The molecule has 0 aliphatic heterocycles. The van der Waals surface area contributed by atoms with Crippen molar-refractivity contribution >= 4 is 17.5 Å². The molecule has 1 aromatic carbocycles. The van der Waals surface area contributed by atoms with Crippen LogP contribution in [0.2, 0.25) is 0 Å². The van der Waals surface area contributed by atoms with Crippen LogP contribution in [0.15, 0.2) is 47.1 Å². The van der Waals surface area contributed by atoms with Crippen molar-refractivity contribution in [1.29, 1.82) is 0 Å². The van der Waals surface area contributed by atoms with Gasteiger partial charge in [0.2, 0.25) is 5.91 Å². The maximum atomic E-state index is 12.2. The van der Waals surface area contributed by atoms with E-state index in [1.165, 1.54) is 57.8 Å². The third kappa shape index (κ3) is 10.9. The fourth-order valence-electron chi connectivity index (χ4n) is 3.56. The lowest BCUT2D eigenvalue weighted by atomic mass is 10.1. The van der Waals surface area contributed by atoms with Gasteiger partial charge in [-0.1, -0.05) is 71.1 Å². The summed E-state index contributed by atoms with van der Waals surface area (Å²) in [6.07, 6.45) is 16.1. The van der Waals surface area contributed by atoms with Crippen LogP contribution in [0.4, 0.5) is 5.69 Å². The molecule has 0 bridgehead atoms. The number of benzene rings is 1. The molecule has 0 unspecified atom stereocenters. The average Bonchev–Trinajstić information content (AvgIpc) is 3.30. The maximum Gasteiger partial charge on any atom is 0.251 e. The summed E-state index contributed by atoms with van der Waals surface area (Å²) in [6, 6.07) is 10.6. The molecule has 0 fully saturated rings. The molecule has 1 heterocycles. The molecule has 0 atom stereocenters. The van der Waals surface area contributed by atoms with Gasteiger partial charge in [-0.3, -0.25) is 9.59 Å². The smallest absolute Gasteiger partial charge is 0.251 e. The highest BCUT2D eigenvalue weighted by Gasteiger charge is 2.07. The summed E-state index contributed by atoms with van der Waals surface area (Å²) in [5.74, 6) is 0.570. The summed E-state index contributed by atoms with van der Waals surface area (Å²) >= 11 is 0. The van der Waals surface area contributed by atoms with Gasteiger partial charge in [-0.25, -0.2) is 0 Å². The molecule has 2 N–H and O–H groups in total. The molecule has 1 aromatic heterocycles. The predicted molar refractivity (Wildman–Crippen MR) is 126 cm³/mol. The first-order valence-corrected chi connectivity index (χ1v) is 11.9. The first-order chi connectivity index (χ1) is 15.2. The van der Waals surface area contributed by atoms with Crippen LogP contribution < -0.4 is 10.6 Å². The largest absolute Gasteiger partial charge is 0.467 e. The van der Waals surface area contributed by atoms with E-state index < -0.39 is 0 Å². The van der Waals surface area contributed by atoms with E-state index in [9.17, 15) is 9.59 Å². The first-order valence-electron chi connectivity index (χ1n) is 11.9. The molecule has 2 rings (SSSR count). The van der Waals surface area contributed by atoms with E-state index in [4.69, 9.17) is 4.42 Å². The van der Waals surface area contributed by atoms with E-state index >= 15 is 0 Å². The van der Waals surface area contributed by atoms with Gasteiger partial charge in [-0.15, -0.1) is 0 Å². The Morgan fingerprint density at radius 1 is 0.806 bits per heavy atom. The summed E-state index contributed by atoms with van der Waals surface area (Å²) in [4.78, 5) is 24.3. The fraction of sp³-hybridized carbons (Fsp3) is 0.538. The lowest BCUT2D eigenvalue weighted by molar-refractivity contribution is -0.116. The lowest BCUT2D eigenvalue weighted by Gasteiger charge is -2.07. The van der Waals surface area contributed by atoms with Crippen molar-refractivity contribution in [2.45, 2.75) is 90.5 Å². The van der Waals surface area contributed by atoms with Crippen LogP contribution in [-0.2, 0) is 11.3 Å². The molecule has 5 nitrogen and oxygen atoms in total. The number of furan rings is 1. The number of anilines is 1. The Morgan fingerprint density at radius 3 is 2.00 bits per heavy atom. The van der Waals surface area contributed by atoms with Gasteiger partial charge in [-0.05, 0) is 42.8 Å². The van der Waals surface area contributed by atoms with Gasteiger partial charge in [0.25, 0.3) is 5.91 Å². The van der Waals surface area contributed by atoms with Gasteiger partial charge >= 0.3 is 0 Å². The Morgan fingerprint density at radius 2 is 1.42 bits per heavy atom. The predicted octanol–water partition coefficient (Wildman–Crippen LogP) is 6.85. The zero-order valence-electron chi connectivity index (χ0n) is 19.0. The molecule has 5 heteroatoms. The first kappa shape index (κ1) is 24.7. The van der Waals surface area contributed by atoms with E-state index in [2.05, 4.69) is 17.6 Å². The molecule has 170 valence electrons. The molecule has 0 aliphatic rings. The standard InChI is InChI=1S/C26H38N2O3/c1-2-3-4-5-6-7-8-9-10-11-12-15-25(29)28-23-18-16-22(17-19-23)26(30)27-21-24-14-13-20-31-24/h13-14,16-20H,2-12,15,21H2,1H3,(H,27,30)(H,28,29). The van der Waals surface area contributed by atoms with Crippen molar-refractivity contribution in [2.75, 3.05) is 5.32 Å². The second-order valence-electron chi connectivity index (χ2n) is 8.17. The van der Waals surface area contributed by atoms with Gasteiger partial charge < -0.3 is 15.1 Å². The quantitative estimate of drug-likeness (QED) is 0.288. The summed E-state index contributed by atoms with van der Waals surface area (Å²) in [6.45, 7) is 2.60. The van der Waals surface area contributed by atoms with Crippen LogP contribution in [0.1, 0.15) is 100 Å². The second-order valence-corrected chi connectivity index (χ2v) is 8.17. The summed E-state index contributed by atoms with van der Waals surface area (Å²) in [7, 11) is 0. The molecular formula is C26H38N2O3. The van der Waals surface area contributed by atoms with Crippen LogP contribution >= 0.6 is 0 Å². The molecule has 0 aliphatic carbocycles. The number of nitrogens with one attached hydrogen (secondary N) is 2. The van der Waals surface area contributed by atoms with Crippen molar-refractivity contribution in [2.24, 2.45) is 0 Å². The third-order valence-corrected chi connectivity index (χ3v) is 5.44. The van der Waals surface area contributed by atoms with E-state index in [-0.39, 0.29) is 11.8 Å². The lowest BCUT2D eigenvalue weighted by Crippen LogP contribution is -2.22. The third-order valence-electron chi connectivity index (χ3n) is 5.44. The van der Waals surface area contributed by atoms with Crippen molar-refractivity contribution in [3.8, 4) is 0 Å². The molecular weight excluding hydrogens is 388 g/mol. The summed E-state index contributed by atoms with van der Waals surface area (Å²) in [5, 5.41) is 5.72. The van der Waals surface area contributed by atoms with E-state index in [0.717, 1.165) is 18.5 Å². The Bertz CT molecular complexity index is 739. The van der Waals surface area contributed by atoms with Crippen molar-refractivity contribution in [3.63, 3.8) is 0 Å². The Hall–Kier alpha value is -2.56. The van der Waals surface area contributed by atoms with Gasteiger partial charge in [0.05, 0.1) is 12.8 Å². The number of hydrogen-bond donors (Lipinski definition) is 2. The van der Waals surface area contributed by atoms with Crippen LogP contribution in [0, 0.1) is 0 Å². The monoisotopic (exact) mass is 426 g/mol. The normalized spacial score (nSPS) is 10.7. The number of unbranched alkanes of at least 4 members (excludes halogenated alkanes) is 10. The average molecular weight is 427 g/mol. The van der Waals surface area contributed by atoms with E-state index in [1.54, 1.807) is 36.6 Å². The number of carbonyl (C=O) groups excluding carboxylic acids is 2. The van der Waals surface area contributed by atoms with Gasteiger partial charge in [0.1, 0.15) is 5.76 Å². The van der Waals surface area contributed by atoms with Gasteiger partial charge in [0.15, 0.2) is 0 Å². The highest BCUT2D eigenvalue weighted by atomic mass is 16.3. The van der Waals surface area contributed by atoms with Gasteiger partial charge in [-0.2, -0.15) is 0 Å². The molecule has 0 saturated carbocycles. The SMILES string of the molecule is CCCCCCCCCCCCCC(=O)Nc1ccc(C(=O)NCc2ccco2)cc1. The van der Waals surface area contributed by atoms with Crippen molar-refractivity contribution in [1.82, 2.24) is 5.32 Å². The van der Waals surface area contributed by atoms with Crippen LogP contribution in [0.25, 0.3) is 0 Å².